The van der Waals surface area contributed by atoms with Gasteiger partial charge in [0.2, 0.25) is 5.91 Å². The molecule has 0 aliphatic heterocycles. The Morgan fingerprint density at radius 1 is 1.07 bits per heavy atom. The second-order valence-corrected chi connectivity index (χ2v) is 8.64. The lowest BCUT2D eigenvalue weighted by Crippen LogP contribution is -2.53. The number of nitrogens with one attached hydrogen (secondary N) is 2. The third kappa shape index (κ3) is 5.55. The molecule has 3 rings (SSSR count). The molecule has 0 aromatic carbocycles. The maximum Gasteiger partial charge on any atom is 0.273 e. The van der Waals surface area contributed by atoms with Gasteiger partial charge >= 0.3 is 0 Å². The molecule has 2 aliphatic carbocycles. The molecule has 1 aromatic heterocycles. The topological polar surface area (TPSA) is 110 Å². The van der Waals surface area contributed by atoms with Gasteiger partial charge in [-0.1, -0.05) is 27.2 Å². The summed E-state index contributed by atoms with van der Waals surface area (Å²) < 4.78 is 0. The largest absolute Gasteiger partial charge is 0.347 e. The van der Waals surface area contributed by atoms with E-state index in [0.29, 0.717) is 11.8 Å². The summed E-state index contributed by atoms with van der Waals surface area (Å²) in [6, 6.07) is 0.362. The van der Waals surface area contributed by atoms with Crippen molar-refractivity contribution in [2.45, 2.75) is 65.0 Å². The molecule has 2 fully saturated rings. The minimum atomic E-state index is -0.582. The third-order valence-electron chi connectivity index (χ3n) is 5.50. The molecule has 9 heteroatoms. The van der Waals surface area contributed by atoms with E-state index in [4.69, 9.17) is 5.73 Å². The van der Waals surface area contributed by atoms with Crippen molar-refractivity contribution in [2.24, 2.45) is 23.0 Å². The Bertz CT molecular complexity index is 681. The number of carbonyl (C=O) groups excluding carboxylic acids is 2. The number of carbonyl (C=O) groups is 2. The van der Waals surface area contributed by atoms with Crippen LogP contribution < -0.4 is 16.4 Å². The SMILES string of the molecule is CC(C)(C)C(=O)Nc1nccnc1C(=O)NC1C2CCCC1CC(N)C2.Cl.Cl. The third-order valence-corrected chi connectivity index (χ3v) is 5.50. The number of amides is 2. The number of nitrogens with two attached hydrogens (primary N) is 1. The Morgan fingerprint density at radius 2 is 1.64 bits per heavy atom. The van der Waals surface area contributed by atoms with Crippen LogP contribution in [0.25, 0.3) is 0 Å². The molecular weight excluding hydrogens is 401 g/mol. The van der Waals surface area contributed by atoms with E-state index in [1.54, 1.807) is 0 Å². The number of anilines is 1. The molecule has 158 valence electrons. The van der Waals surface area contributed by atoms with Crippen LogP contribution >= 0.6 is 24.8 Å². The maximum absolute atomic E-state index is 12.9. The van der Waals surface area contributed by atoms with Crippen LogP contribution in [-0.4, -0.2) is 33.9 Å². The van der Waals surface area contributed by atoms with E-state index in [9.17, 15) is 9.59 Å². The number of nitrogens with zero attached hydrogens (tertiary/aromatic N) is 2. The molecule has 2 atom stereocenters. The van der Waals surface area contributed by atoms with Crippen molar-refractivity contribution in [3.05, 3.63) is 18.1 Å². The lowest BCUT2D eigenvalue weighted by molar-refractivity contribution is -0.123. The second kappa shape index (κ2) is 9.85. The Labute approximate surface area is 178 Å². The molecule has 2 aliphatic rings. The van der Waals surface area contributed by atoms with E-state index >= 15 is 0 Å². The van der Waals surface area contributed by atoms with Crippen molar-refractivity contribution in [3.8, 4) is 0 Å². The highest BCUT2D eigenvalue weighted by Gasteiger charge is 2.40. The molecule has 2 bridgehead atoms. The zero-order valence-corrected chi connectivity index (χ0v) is 18.2. The maximum atomic E-state index is 12.9. The molecule has 0 radical (unpaired) electrons. The molecular formula is C19H31Cl2N5O2. The van der Waals surface area contributed by atoms with E-state index < -0.39 is 5.41 Å². The van der Waals surface area contributed by atoms with E-state index in [1.165, 1.54) is 18.8 Å². The molecule has 2 amide bonds. The monoisotopic (exact) mass is 431 g/mol. The molecule has 2 unspecified atom stereocenters. The Balaban J connectivity index is 0.00000196. The Morgan fingerprint density at radius 3 is 2.21 bits per heavy atom. The van der Waals surface area contributed by atoms with Gasteiger partial charge < -0.3 is 16.4 Å². The van der Waals surface area contributed by atoms with E-state index in [-0.39, 0.29) is 60.2 Å². The van der Waals surface area contributed by atoms with Crippen LogP contribution in [0.15, 0.2) is 12.4 Å². The van der Waals surface area contributed by atoms with Gasteiger partial charge in [-0.25, -0.2) is 9.97 Å². The summed E-state index contributed by atoms with van der Waals surface area (Å²) in [5.41, 5.74) is 5.75. The molecule has 4 N–H and O–H groups in total. The Kier molecular flexibility index (Phi) is 8.65. The minimum Gasteiger partial charge on any atom is -0.347 e. The summed E-state index contributed by atoms with van der Waals surface area (Å²) in [6.07, 6.45) is 8.26. The van der Waals surface area contributed by atoms with Crippen LogP contribution in [0.1, 0.15) is 63.4 Å². The summed E-state index contributed by atoms with van der Waals surface area (Å²) in [7, 11) is 0. The fraction of sp³-hybridized carbons (Fsp3) is 0.684. The van der Waals surface area contributed by atoms with Gasteiger partial charge in [-0.3, -0.25) is 9.59 Å². The number of hydrogen-bond donors (Lipinski definition) is 3. The standard InChI is InChI=1S/C19H29N5O2.2ClH/c1-19(2,3)18(26)24-16-15(21-7-8-22-16)17(25)23-14-11-5-4-6-12(14)10-13(20)9-11;;/h7-8,11-14H,4-6,9-10,20H2,1-3H3,(H,23,25)(H,22,24,26);2*1H. The quantitative estimate of drug-likeness (QED) is 0.680. The number of halogens is 2. The van der Waals surface area contributed by atoms with Crippen LogP contribution in [0.3, 0.4) is 0 Å². The van der Waals surface area contributed by atoms with Crippen LogP contribution in [-0.2, 0) is 4.79 Å². The van der Waals surface area contributed by atoms with Crippen molar-refractivity contribution >= 4 is 42.4 Å². The molecule has 7 nitrogen and oxygen atoms in total. The fourth-order valence-corrected chi connectivity index (χ4v) is 4.14. The highest BCUT2D eigenvalue weighted by atomic mass is 35.5. The number of fused-ring (bicyclic) bond motifs is 2. The van der Waals surface area contributed by atoms with Gasteiger partial charge in [0, 0.05) is 29.9 Å². The van der Waals surface area contributed by atoms with Gasteiger partial charge in [-0.2, -0.15) is 0 Å². The van der Waals surface area contributed by atoms with Gasteiger partial charge in [0.25, 0.3) is 5.91 Å². The van der Waals surface area contributed by atoms with Crippen molar-refractivity contribution < 1.29 is 9.59 Å². The predicted octanol–water partition coefficient (Wildman–Crippen LogP) is 2.94. The molecule has 2 saturated carbocycles. The van der Waals surface area contributed by atoms with Crippen LogP contribution in [0.5, 0.6) is 0 Å². The first-order valence-corrected chi connectivity index (χ1v) is 9.44. The first-order chi connectivity index (χ1) is 12.3. The van der Waals surface area contributed by atoms with E-state index in [1.807, 2.05) is 20.8 Å². The summed E-state index contributed by atoms with van der Waals surface area (Å²) in [4.78, 5) is 33.5. The minimum absolute atomic E-state index is 0. The smallest absolute Gasteiger partial charge is 0.273 e. The average Bonchev–Trinajstić information content (AvgIpc) is 2.55. The van der Waals surface area contributed by atoms with Crippen molar-refractivity contribution in [1.29, 1.82) is 0 Å². The Hall–Kier alpha value is -1.44. The number of rotatable bonds is 3. The second-order valence-electron chi connectivity index (χ2n) is 8.64. The molecule has 1 aromatic rings. The van der Waals surface area contributed by atoms with Crippen molar-refractivity contribution in [2.75, 3.05) is 5.32 Å². The fourth-order valence-electron chi connectivity index (χ4n) is 4.14. The zero-order chi connectivity index (χ0) is 18.9. The number of aromatic nitrogens is 2. The summed E-state index contributed by atoms with van der Waals surface area (Å²) >= 11 is 0. The van der Waals surface area contributed by atoms with Crippen LogP contribution in [0.2, 0.25) is 0 Å². The van der Waals surface area contributed by atoms with E-state index in [2.05, 4.69) is 20.6 Å². The number of hydrogen-bond acceptors (Lipinski definition) is 5. The normalized spacial score (nSPS) is 26.3. The van der Waals surface area contributed by atoms with Crippen LogP contribution in [0.4, 0.5) is 5.82 Å². The van der Waals surface area contributed by atoms with Gasteiger partial charge in [-0.05, 0) is 37.5 Å². The van der Waals surface area contributed by atoms with Crippen molar-refractivity contribution in [1.82, 2.24) is 15.3 Å². The van der Waals surface area contributed by atoms with Gasteiger partial charge in [0.1, 0.15) is 0 Å². The van der Waals surface area contributed by atoms with Crippen molar-refractivity contribution in [3.63, 3.8) is 0 Å². The highest BCUT2D eigenvalue weighted by Crippen LogP contribution is 2.39. The van der Waals surface area contributed by atoms with Crippen LogP contribution in [0, 0.1) is 17.3 Å². The van der Waals surface area contributed by atoms with E-state index in [0.717, 1.165) is 25.7 Å². The van der Waals surface area contributed by atoms with Gasteiger partial charge in [-0.15, -0.1) is 24.8 Å². The molecule has 0 saturated heterocycles. The summed E-state index contributed by atoms with van der Waals surface area (Å²) in [5.74, 6) is 0.575. The van der Waals surface area contributed by atoms with Gasteiger partial charge in [0.15, 0.2) is 11.5 Å². The zero-order valence-electron chi connectivity index (χ0n) is 16.6. The lowest BCUT2D eigenvalue weighted by atomic mass is 9.67. The summed E-state index contributed by atoms with van der Waals surface area (Å²) in [5, 5.41) is 5.89. The van der Waals surface area contributed by atoms with Gasteiger partial charge in [0.05, 0.1) is 0 Å². The molecule has 0 spiro atoms. The molecule has 28 heavy (non-hydrogen) atoms. The lowest BCUT2D eigenvalue weighted by Gasteiger charge is -2.45. The molecule has 1 heterocycles. The highest BCUT2D eigenvalue weighted by molar-refractivity contribution is 6.02. The first-order valence-electron chi connectivity index (χ1n) is 9.44. The predicted molar refractivity (Wildman–Crippen MR) is 114 cm³/mol. The average molecular weight is 432 g/mol. The first kappa shape index (κ1) is 24.6. The summed E-state index contributed by atoms with van der Waals surface area (Å²) in [6.45, 7) is 5.43.